The molecule has 0 heterocycles. The Morgan fingerprint density at radius 1 is 1.10 bits per heavy atom. The van der Waals surface area contributed by atoms with E-state index in [1.54, 1.807) is 11.9 Å². The van der Waals surface area contributed by atoms with E-state index in [-0.39, 0.29) is 5.91 Å². The van der Waals surface area contributed by atoms with Gasteiger partial charge in [-0.1, -0.05) is 30.3 Å². The van der Waals surface area contributed by atoms with Gasteiger partial charge in [0.15, 0.2) is 0 Å². The molecule has 1 amide bonds. The van der Waals surface area contributed by atoms with Gasteiger partial charge < -0.3 is 10.6 Å². The highest BCUT2D eigenvalue weighted by Crippen LogP contribution is 2.20. The molecule has 0 fully saturated rings. The van der Waals surface area contributed by atoms with Gasteiger partial charge in [-0.15, -0.1) is 0 Å². The number of nitrogens with zero attached hydrogens (tertiary/aromatic N) is 1. The summed E-state index contributed by atoms with van der Waals surface area (Å²) in [5.74, 6) is -0.00130. The molecule has 0 radical (unpaired) electrons. The first-order chi connectivity index (χ1) is 9.63. The summed E-state index contributed by atoms with van der Waals surface area (Å²) in [4.78, 5) is 14.2. The van der Waals surface area contributed by atoms with E-state index >= 15 is 0 Å². The van der Waals surface area contributed by atoms with Crippen molar-refractivity contribution >= 4 is 11.6 Å². The number of benzene rings is 2. The summed E-state index contributed by atoms with van der Waals surface area (Å²) < 4.78 is 0. The van der Waals surface area contributed by atoms with Gasteiger partial charge in [0.1, 0.15) is 0 Å². The molecule has 0 aliphatic carbocycles. The van der Waals surface area contributed by atoms with Crippen molar-refractivity contribution in [3.63, 3.8) is 0 Å². The van der Waals surface area contributed by atoms with Crippen LogP contribution in [0.5, 0.6) is 0 Å². The first-order valence-electron chi connectivity index (χ1n) is 6.76. The van der Waals surface area contributed by atoms with E-state index in [9.17, 15) is 4.79 Å². The maximum Gasteiger partial charge on any atom is 0.258 e. The van der Waals surface area contributed by atoms with Gasteiger partial charge in [-0.3, -0.25) is 4.79 Å². The van der Waals surface area contributed by atoms with Crippen molar-refractivity contribution in [2.45, 2.75) is 13.3 Å². The minimum Gasteiger partial charge on any atom is -0.330 e. The normalized spacial score (nSPS) is 10.3. The molecule has 0 spiro atoms. The monoisotopic (exact) mass is 268 g/mol. The molecule has 2 aromatic rings. The molecule has 0 aliphatic rings. The number of nitrogens with two attached hydrogens (primary N) is 1. The lowest BCUT2D eigenvalue weighted by Gasteiger charge is -2.19. The summed E-state index contributed by atoms with van der Waals surface area (Å²) >= 11 is 0. The molecule has 2 aromatic carbocycles. The van der Waals surface area contributed by atoms with E-state index < -0.39 is 0 Å². The minimum atomic E-state index is -0.00130. The fourth-order valence-electron chi connectivity index (χ4n) is 2.22. The number of carbonyl (C=O) groups is 1. The quantitative estimate of drug-likeness (QED) is 0.926. The van der Waals surface area contributed by atoms with Gasteiger partial charge in [0.05, 0.1) is 0 Å². The molecular weight excluding hydrogens is 248 g/mol. The van der Waals surface area contributed by atoms with Gasteiger partial charge in [-0.05, 0) is 49.2 Å². The number of carbonyl (C=O) groups excluding carboxylic acids is 1. The van der Waals surface area contributed by atoms with Crippen LogP contribution in [0, 0.1) is 6.92 Å². The highest BCUT2D eigenvalue weighted by molar-refractivity contribution is 6.06. The molecule has 3 nitrogen and oxygen atoms in total. The van der Waals surface area contributed by atoms with Crippen LogP contribution in [-0.4, -0.2) is 19.5 Å². The maximum absolute atomic E-state index is 12.5. The number of amides is 1. The number of para-hydroxylation sites is 1. The van der Waals surface area contributed by atoms with E-state index in [1.807, 2.05) is 55.5 Å². The average molecular weight is 268 g/mol. The van der Waals surface area contributed by atoms with Crippen LogP contribution in [0.15, 0.2) is 48.5 Å². The van der Waals surface area contributed by atoms with E-state index in [2.05, 4.69) is 0 Å². The zero-order valence-corrected chi connectivity index (χ0v) is 12.0. The Morgan fingerprint density at radius 2 is 1.75 bits per heavy atom. The fraction of sp³-hybridized carbons (Fsp3) is 0.235. The molecule has 0 unspecified atom stereocenters. The third kappa shape index (κ3) is 3.06. The standard InChI is InChI=1S/C17H20N2O/c1-13-5-3-4-6-16(13)19(2)17(20)15-9-7-14(8-10-15)11-12-18/h3-10H,11-12,18H2,1-2H3. The van der Waals surface area contributed by atoms with Gasteiger partial charge >= 0.3 is 0 Å². The third-order valence-electron chi connectivity index (χ3n) is 3.42. The second-order valence-electron chi connectivity index (χ2n) is 4.89. The van der Waals surface area contributed by atoms with Crippen LogP contribution < -0.4 is 10.6 Å². The molecule has 20 heavy (non-hydrogen) atoms. The Kier molecular flexibility index (Phi) is 4.53. The van der Waals surface area contributed by atoms with Gasteiger partial charge in [-0.2, -0.15) is 0 Å². The summed E-state index contributed by atoms with van der Waals surface area (Å²) in [6.07, 6.45) is 0.835. The Hall–Kier alpha value is -2.13. The van der Waals surface area contributed by atoms with Crippen LogP contribution in [0.2, 0.25) is 0 Å². The Balaban J connectivity index is 2.20. The predicted molar refractivity (Wildman–Crippen MR) is 83.1 cm³/mol. The molecule has 3 heteroatoms. The van der Waals surface area contributed by atoms with Gasteiger partial charge in [0.25, 0.3) is 5.91 Å². The van der Waals surface area contributed by atoms with E-state index in [0.717, 1.165) is 23.2 Å². The maximum atomic E-state index is 12.5. The summed E-state index contributed by atoms with van der Waals surface area (Å²) in [7, 11) is 1.80. The van der Waals surface area contributed by atoms with Crippen LogP contribution in [0.1, 0.15) is 21.5 Å². The highest BCUT2D eigenvalue weighted by Gasteiger charge is 2.14. The smallest absolute Gasteiger partial charge is 0.258 e. The van der Waals surface area contributed by atoms with Gasteiger partial charge in [0, 0.05) is 18.3 Å². The largest absolute Gasteiger partial charge is 0.330 e. The number of aryl methyl sites for hydroxylation is 1. The van der Waals surface area contributed by atoms with Crippen molar-refractivity contribution < 1.29 is 4.79 Å². The second-order valence-corrected chi connectivity index (χ2v) is 4.89. The summed E-state index contributed by atoms with van der Waals surface area (Å²) in [6, 6.07) is 15.5. The number of anilines is 1. The van der Waals surface area contributed by atoms with Crippen molar-refractivity contribution in [2.24, 2.45) is 5.73 Å². The summed E-state index contributed by atoms with van der Waals surface area (Å²) in [5, 5.41) is 0. The van der Waals surface area contributed by atoms with E-state index in [4.69, 9.17) is 5.73 Å². The van der Waals surface area contributed by atoms with Gasteiger partial charge in [0.2, 0.25) is 0 Å². The lowest BCUT2D eigenvalue weighted by Crippen LogP contribution is -2.26. The van der Waals surface area contributed by atoms with Gasteiger partial charge in [-0.25, -0.2) is 0 Å². The van der Waals surface area contributed by atoms with Crippen LogP contribution in [0.3, 0.4) is 0 Å². The van der Waals surface area contributed by atoms with Crippen LogP contribution in [0.4, 0.5) is 5.69 Å². The summed E-state index contributed by atoms with van der Waals surface area (Å²) in [6.45, 7) is 2.62. The Bertz CT molecular complexity index is 590. The lowest BCUT2D eigenvalue weighted by molar-refractivity contribution is 0.0993. The zero-order chi connectivity index (χ0) is 14.5. The van der Waals surface area contributed by atoms with Crippen molar-refractivity contribution in [3.8, 4) is 0 Å². The second kappa shape index (κ2) is 6.35. The summed E-state index contributed by atoms with van der Waals surface area (Å²) in [5.41, 5.74) is 9.39. The molecular formula is C17H20N2O. The molecule has 0 saturated carbocycles. The minimum absolute atomic E-state index is 0.00130. The number of hydrogen-bond acceptors (Lipinski definition) is 2. The topological polar surface area (TPSA) is 46.3 Å². The Morgan fingerprint density at radius 3 is 2.35 bits per heavy atom. The number of hydrogen-bond donors (Lipinski definition) is 1. The van der Waals surface area contributed by atoms with Crippen LogP contribution in [-0.2, 0) is 6.42 Å². The molecule has 0 aliphatic heterocycles. The van der Waals surface area contributed by atoms with Crippen LogP contribution in [0.25, 0.3) is 0 Å². The lowest BCUT2D eigenvalue weighted by atomic mass is 10.1. The third-order valence-corrected chi connectivity index (χ3v) is 3.42. The van der Waals surface area contributed by atoms with Crippen molar-refractivity contribution in [1.29, 1.82) is 0 Å². The number of rotatable bonds is 4. The Labute approximate surface area is 120 Å². The molecule has 0 saturated heterocycles. The molecule has 104 valence electrons. The molecule has 0 aromatic heterocycles. The predicted octanol–water partition coefficient (Wildman–Crippen LogP) is 2.77. The highest BCUT2D eigenvalue weighted by atomic mass is 16.2. The van der Waals surface area contributed by atoms with Crippen molar-refractivity contribution in [2.75, 3.05) is 18.5 Å². The van der Waals surface area contributed by atoms with E-state index in [0.29, 0.717) is 12.1 Å². The molecule has 2 rings (SSSR count). The fourth-order valence-corrected chi connectivity index (χ4v) is 2.22. The molecule has 0 bridgehead atoms. The molecule has 2 N–H and O–H groups in total. The van der Waals surface area contributed by atoms with Crippen molar-refractivity contribution in [1.82, 2.24) is 0 Å². The van der Waals surface area contributed by atoms with Crippen LogP contribution >= 0.6 is 0 Å². The first-order valence-corrected chi connectivity index (χ1v) is 6.76. The first kappa shape index (κ1) is 14.3. The van der Waals surface area contributed by atoms with E-state index in [1.165, 1.54) is 0 Å². The SMILES string of the molecule is Cc1ccccc1N(C)C(=O)c1ccc(CCN)cc1. The molecule has 0 atom stereocenters. The average Bonchev–Trinajstić information content (AvgIpc) is 2.47. The van der Waals surface area contributed by atoms with Crippen molar-refractivity contribution in [3.05, 3.63) is 65.2 Å². The zero-order valence-electron chi connectivity index (χ0n) is 12.0.